The van der Waals surface area contributed by atoms with Crippen LogP contribution in [0.2, 0.25) is 0 Å². The number of aromatic nitrogens is 1. The number of allylic oxidation sites excluding steroid dienone is 2. The van der Waals surface area contributed by atoms with Gasteiger partial charge in [-0.1, -0.05) is 26.0 Å². The topological polar surface area (TPSA) is 82.9 Å². The first-order valence-electron chi connectivity index (χ1n) is 14.6. The van der Waals surface area contributed by atoms with Crippen LogP contribution in [0.5, 0.6) is 0 Å². The van der Waals surface area contributed by atoms with Crippen molar-refractivity contribution < 1.29 is 0 Å². The van der Waals surface area contributed by atoms with Crippen molar-refractivity contribution in [2.24, 2.45) is 10.9 Å². The van der Waals surface area contributed by atoms with E-state index in [9.17, 15) is 0 Å². The highest BCUT2D eigenvalue weighted by molar-refractivity contribution is 6.16. The third-order valence-corrected chi connectivity index (χ3v) is 8.30. The Balaban J connectivity index is 1.49. The number of nitrogens with one attached hydrogen (secondary N) is 3. The summed E-state index contributed by atoms with van der Waals surface area (Å²) in [5.41, 5.74) is 8.80. The van der Waals surface area contributed by atoms with E-state index in [1.54, 1.807) is 0 Å². The first-order chi connectivity index (χ1) is 19.3. The second-order valence-corrected chi connectivity index (χ2v) is 11.6. The van der Waals surface area contributed by atoms with Gasteiger partial charge in [-0.15, -0.1) is 0 Å². The number of likely N-dealkylation sites (N-methyl/N-ethyl adjacent to an activating group) is 1. The lowest BCUT2D eigenvalue weighted by Gasteiger charge is -2.32. The van der Waals surface area contributed by atoms with Gasteiger partial charge in [0.25, 0.3) is 0 Å². The molecule has 2 bridgehead atoms. The van der Waals surface area contributed by atoms with Crippen molar-refractivity contribution in [2.45, 2.75) is 46.1 Å². The van der Waals surface area contributed by atoms with Gasteiger partial charge in [-0.05, 0) is 69.0 Å². The predicted molar refractivity (Wildman–Crippen MR) is 168 cm³/mol. The Labute approximate surface area is 239 Å². The SMILES string of the molecule is C=C1/N=C2\Nc3ccc(CN4CCN(C)CC4)cc3N2C[C@H](C)CCCC/C(NC)=C(/C=N)c2cc1cc(C)n2. The number of aliphatic imine (C=N–C) groups is 1. The van der Waals surface area contributed by atoms with Crippen LogP contribution in [0.1, 0.15) is 55.1 Å². The molecular formula is C32H44N8. The van der Waals surface area contributed by atoms with E-state index >= 15 is 0 Å². The Bertz CT molecular complexity index is 1320. The van der Waals surface area contributed by atoms with Crippen LogP contribution < -0.4 is 15.5 Å². The Hall–Kier alpha value is -3.49. The Morgan fingerprint density at radius 3 is 2.70 bits per heavy atom. The van der Waals surface area contributed by atoms with E-state index in [1.165, 1.54) is 17.5 Å². The monoisotopic (exact) mass is 540 g/mol. The smallest absolute Gasteiger partial charge is 0.208 e. The minimum atomic E-state index is 0.492. The van der Waals surface area contributed by atoms with Crippen LogP contribution in [0.3, 0.4) is 0 Å². The van der Waals surface area contributed by atoms with Crippen LogP contribution in [0.25, 0.3) is 11.3 Å². The number of hydrogen-bond acceptors (Lipinski definition) is 8. The molecule has 2 aromatic rings. The quantitative estimate of drug-likeness (QED) is 0.463. The Morgan fingerprint density at radius 2 is 1.95 bits per heavy atom. The highest BCUT2D eigenvalue weighted by Crippen LogP contribution is 2.36. The second kappa shape index (κ2) is 12.4. The number of nitrogens with zero attached hydrogens (tertiary/aromatic N) is 5. The number of rotatable bonds is 4. The van der Waals surface area contributed by atoms with Gasteiger partial charge in [0.2, 0.25) is 5.96 Å². The number of aryl methyl sites for hydroxylation is 1. The summed E-state index contributed by atoms with van der Waals surface area (Å²) in [6.07, 6.45) is 5.63. The third-order valence-electron chi connectivity index (χ3n) is 8.30. The maximum atomic E-state index is 8.16. The fourth-order valence-electron chi connectivity index (χ4n) is 5.92. The van der Waals surface area contributed by atoms with Gasteiger partial charge in [-0.3, -0.25) is 9.88 Å². The fourth-order valence-corrected chi connectivity index (χ4v) is 5.92. The molecule has 0 spiro atoms. The molecule has 0 radical (unpaired) electrons. The summed E-state index contributed by atoms with van der Waals surface area (Å²) in [5, 5.41) is 15.1. The van der Waals surface area contributed by atoms with Crippen LogP contribution in [0, 0.1) is 18.3 Å². The van der Waals surface area contributed by atoms with Crippen molar-refractivity contribution in [1.82, 2.24) is 20.1 Å². The second-order valence-electron chi connectivity index (χ2n) is 11.6. The molecule has 40 heavy (non-hydrogen) atoms. The van der Waals surface area contributed by atoms with Crippen LogP contribution in [0.4, 0.5) is 11.4 Å². The van der Waals surface area contributed by atoms with Gasteiger partial charge in [-0.2, -0.15) is 0 Å². The largest absolute Gasteiger partial charge is 0.391 e. The molecule has 8 nitrogen and oxygen atoms in total. The number of hydrogen-bond donors (Lipinski definition) is 3. The molecular weight excluding hydrogens is 496 g/mol. The van der Waals surface area contributed by atoms with Crippen molar-refractivity contribution >= 4 is 34.8 Å². The van der Waals surface area contributed by atoms with Crippen molar-refractivity contribution in [2.75, 3.05) is 57.0 Å². The van der Waals surface area contributed by atoms with Gasteiger partial charge in [0.05, 0.1) is 22.8 Å². The van der Waals surface area contributed by atoms with Crippen molar-refractivity contribution in [1.29, 1.82) is 5.41 Å². The van der Waals surface area contributed by atoms with E-state index in [0.717, 1.165) is 105 Å². The van der Waals surface area contributed by atoms with Crippen LogP contribution in [-0.4, -0.2) is 73.8 Å². The predicted octanol–water partition coefficient (Wildman–Crippen LogP) is 5.19. The van der Waals surface area contributed by atoms with E-state index < -0.39 is 0 Å². The molecule has 3 N–H and O–H groups in total. The van der Waals surface area contributed by atoms with Gasteiger partial charge >= 0.3 is 0 Å². The zero-order chi connectivity index (χ0) is 28.2. The summed E-state index contributed by atoms with van der Waals surface area (Å²) < 4.78 is 0. The molecule has 212 valence electrons. The summed E-state index contributed by atoms with van der Waals surface area (Å²) in [6, 6.07) is 10.8. The normalized spacial score (nSPS) is 24.2. The lowest BCUT2D eigenvalue weighted by Crippen LogP contribution is -2.43. The molecule has 0 unspecified atom stereocenters. The summed E-state index contributed by atoms with van der Waals surface area (Å²) in [5.74, 6) is 1.32. The van der Waals surface area contributed by atoms with Crippen LogP contribution in [0.15, 0.2) is 47.6 Å². The molecule has 1 fully saturated rings. The number of benzene rings is 1. The van der Waals surface area contributed by atoms with Gasteiger partial charge in [0, 0.05) is 75.1 Å². The number of guanidine groups is 1. The van der Waals surface area contributed by atoms with Gasteiger partial charge < -0.3 is 25.8 Å². The summed E-state index contributed by atoms with van der Waals surface area (Å²) >= 11 is 0. The molecule has 1 aromatic carbocycles. The highest BCUT2D eigenvalue weighted by atomic mass is 15.4. The molecule has 0 amide bonds. The summed E-state index contributed by atoms with van der Waals surface area (Å²) in [4.78, 5) is 17.1. The number of pyridine rings is 1. The highest BCUT2D eigenvalue weighted by Gasteiger charge is 2.28. The first-order valence-corrected chi connectivity index (χ1v) is 14.6. The van der Waals surface area contributed by atoms with Crippen molar-refractivity contribution in [3.63, 3.8) is 0 Å². The minimum Gasteiger partial charge on any atom is -0.391 e. The molecule has 3 aliphatic rings. The average Bonchev–Trinajstić information content (AvgIpc) is 3.26. The number of anilines is 2. The van der Waals surface area contributed by atoms with Crippen molar-refractivity contribution in [3.8, 4) is 0 Å². The Morgan fingerprint density at radius 1 is 1.15 bits per heavy atom. The molecule has 8 heteroatoms. The van der Waals surface area contributed by atoms with E-state index in [1.807, 2.05) is 26.1 Å². The van der Waals surface area contributed by atoms with Gasteiger partial charge in [0.15, 0.2) is 0 Å². The number of fused-ring (bicyclic) bond motifs is 5. The molecule has 1 aromatic heterocycles. The molecule has 0 aliphatic carbocycles. The summed E-state index contributed by atoms with van der Waals surface area (Å²) in [7, 11) is 4.14. The molecule has 1 saturated heterocycles. The van der Waals surface area contributed by atoms with E-state index in [-0.39, 0.29) is 0 Å². The molecule has 3 aliphatic heterocycles. The van der Waals surface area contributed by atoms with E-state index in [4.69, 9.17) is 15.4 Å². The zero-order valence-electron chi connectivity index (χ0n) is 24.6. The molecule has 1 atom stereocenters. The fraction of sp³-hybridized carbons (Fsp3) is 0.469. The molecule has 5 rings (SSSR count). The standard InChI is InChI=1S/C32H44N8/c1-22-8-6-7-9-28(34-4)27(19-33)30-18-26(16-23(2)35-30)24(3)36-32-37-29-11-10-25(17-31(29)40(32)20-22)21-39-14-12-38(5)13-15-39/h10-11,16-19,22,33-34H,3,6-9,12-15,20-21H2,1-2,4-5H3,(H,36,37)/b28-27+,33-19?/t22-/m1/s1. The summed E-state index contributed by atoms with van der Waals surface area (Å²) in [6.45, 7) is 15.0. The lowest BCUT2D eigenvalue weighted by molar-refractivity contribution is 0.148. The van der Waals surface area contributed by atoms with E-state index in [0.29, 0.717) is 11.6 Å². The first kappa shape index (κ1) is 28.1. The average molecular weight is 541 g/mol. The molecule has 4 heterocycles. The third kappa shape index (κ3) is 6.29. The maximum absolute atomic E-state index is 8.16. The lowest BCUT2D eigenvalue weighted by atomic mass is 9.99. The van der Waals surface area contributed by atoms with E-state index in [2.05, 4.69) is 64.1 Å². The van der Waals surface area contributed by atoms with Crippen LogP contribution in [-0.2, 0) is 6.54 Å². The minimum absolute atomic E-state index is 0.492. The van der Waals surface area contributed by atoms with Crippen molar-refractivity contribution in [3.05, 3.63) is 65.1 Å². The Kier molecular flexibility index (Phi) is 8.66. The van der Waals surface area contributed by atoms with Gasteiger partial charge in [0.1, 0.15) is 0 Å². The maximum Gasteiger partial charge on any atom is 0.208 e. The number of piperazine rings is 1. The van der Waals surface area contributed by atoms with Crippen LogP contribution >= 0.6 is 0 Å². The van der Waals surface area contributed by atoms with Gasteiger partial charge in [-0.25, -0.2) is 4.99 Å². The zero-order valence-corrected chi connectivity index (χ0v) is 24.6. The molecule has 0 saturated carbocycles.